The number of hydrogen-bond donors (Lipinski definition) is 0. The highest BCUT2D eigenvalue weighted by Gasteiger charge is 2.66. The Morgan fingerprint density at radius 3 is 2.45 bits per heavy atom. The summed E-state index contributed by atoms with van der Waals surface area (Å²) in [6.45, 7) is 2.30. The van der Waals surface area contributed by atoms with Gasteiger partial charge < -0.3 is 0 Å². The van der Waals surface area contributed by atoms with Gasteiger partial charge in [0.1, 0.15) is 0 Å². The summed E-state index contributed by atoms with van der Waals surface area (Å²) in [6.07, 6.45) is 1.40. The van der Waals surface area contributed by atoms with E-state index in [1.54, 1.807) is 0 Å². The molecule has 4 bridgehead atoms. The molecule has 1 saturated carbocycles. The lowest BCUT2D eigenvalue weighted by Crippen LogP contribution is -2.48. The lowest BCUT2D eigenvalue weighted by atomic mass is 9.52. The molecule has 0 N–H and O–H groups in total. The molecule has 0 aromatic heterocycles. The third-order valence-electron chi connectivity index (χ3n) is 4.13. The minimum atomic E-state index is 0.697. The molecule has 6 aliphatic rings. The summed E-state index contributed by atoms with van der Waals surface area (Å²) < 4.78 is 0. The fraction of sp³-hybridized carbons (Fsp3) is 0.636. The maximum Gasteiger partial charge on any atom is 0.0340 e. The zero-order chi connectivity index (χ0) is 7.16. The van der Waals surface area contributed by atoms with Gasteiger partial charge in [-0.15, -0.1) is 0 Å². The lowest BCUT2D eigenvalue weighted by molar-refractivity contribution is 0.0523. The van der Waals surface area contributed by atoms with Crippen LogP contribution in [0.15, 0.2) is 11.1 Å². The molecule has 0 radical (unpaired) electrons. The molecule has 0 heteroatoms. The molecule has 0 aromatic carbocycles. The molecule has 3 atom stereocenters. The largest absolute Gasteiger partial charge is 0.0995 e. The Kier molecular flexibility index (Phi) is 0.540. The molecule has 0 amide bonds. The van der Waals surface area contributed by atoms with E-state index in [0.717, 1.165) is 23.7 Å². The first-order valence-electron chi connectivity index (χ1n) is 4.61. The molecule has 0 saturated heterocycles. The van der Waals surface area contributed by atoms with Crippen molar-refractivity contribution >= 4 is 0 Å². The van der Waals surface area contributed by atoms with Crippen LogP contribution in [0.1, 0.15) is 13.3 Å². The Hall–Kier alpha value is -0.700. The summed E-state index contributed by atoms with van der Waals surface area (Å²) in [5.41, 5.74) is 3.65. The van der Waals surface area contributed by atoms with Gasteiger partial charge in [0.05, 0.1) is 0 Å². The van der Waals surface area contributed by atoms with Gasteiger partial charge >= 0.3 is 0 Å². The molecule has 0 spiro atoms. The Bertz CT molecular complexity index is 330. The van der Waals surface area contributed by atoms with Crippen molar-refractivity contribution < 1.29 is 0 Å². The summed E-state index contributed by atoms with van der Waals surface area (Å²) in [6, 6.07) is 0. The van der Waals surface area contributed by atoms with Gasteiger partial charge in [-0.1, -0.05) is 29.9 Å². The fourth-order valence-electron chi connectivity index (χ4n) is 3.63. The zero-order valence-corrected chi connectivity index (χ0v) is 6.59. The number of allylic oxidation sites excluding steroid dienone is 2. The van der Waals surface area contributed by atoms with Crippen LogP contribution < -0.4 is 0 Å². The van der Waals surface area contributed by atoms with E-state index in [-0.39, 0.29) is 0 Å². The number of rotatable bonds is 0. The highest BCUT2D eigenvalue weighted by molar-refractivity contribution is 5.56. The highest BCUT2D eigenvalue weighted by Crippen LogP contribution is 2.73. The summed E-state index contributed by atoms with van der Waals surface area (Å²) in [5.74, 6) is 11.1. The van der Waals surface area contributed by atoms with E-state index in [1.807, 2.05) is 11.1 Å². The lowest BCUT2D eigenvalue weighted by Gasteiger charge is -2.50. The van der Waals surface area contributed by atoms with Crippen LogP contribution >= 0.6 is 0 Å². The van der Waals surface area contributed by atoms with E-state index >= 15 is 0 Å². The van der Waals surface area contributed by atoms with Crippen molar-refractivity contribution in [2.45, 2.75) is 13.3 Å². The molecule has 11 heavy (non-hydrogen) atoms. The van der Waals surface area contributed by atoms with Crippen molar-refractivity contribution in [1.82, 2.24) is 0 Å². The van der Waals surface area contributed by atoms with Crippen molar-refractivity contribution in [1.29, 1.82) is 0 Å². The van der Waals surface area contributed by atoms with E-state index in [1.165, 1.54) is 6.42 Å². The molecular formula is C11H10. The summed E-state index contributed by atoms with van der Waals surface area (Å²) in [7, 11) is 0. The molecule has 6 aliphatic carbocycles. The maximum absolute atomic E-state index is 3.43. The Morgan fingerprint density at radius 2 is 1.91 bits per heavy atom. The van der Waals surface area contributed by atoms with Crippen LogP contribution in [0.25, 0.3) is 0 Å². The molecule has 6 rings (SSSR count). The average molecular weight is 142 g/mol. The molecule has 3 unspecified atom stereocenters. The van der Waals surface area contributed by atoms with Gasteiger partial charge in [0.25, 0.3) is 0 Å². The second-order valence-electron chi connectivity index (χ2n) is 4.46. The standard InChI is InChI=1S/C11H10/c1-5-2-3-6-10-7-4-8(7)11(6)9(5)10/h5-6,9-11H,4H2,1H3. The molecule has 1 fully saturated rings. The van der Waals surface area contributed by atoms with Crippen LogP contribution in [-0.2, 0) is 0 Å². The van der Waals surface area contributed by atoms with Gasteiger partial charge in [-0.2, -0.15) is 0 Å². The van der Waals surface area contributed by atoms with Gasteiger partial charge in [0, 0.05) is 11.8 Å². The first-order valence-corrected chi connectivity index (χ1v) is 4.61. The number of fused-ring (bicyclic) bond motifs is 1. The molecule has 0 aliphatic heterocycles. The predicted octanol–water partition coefficient (Wildman–Crippen LogP) is 1.83. The van der Waals surface area contributed by atoms with Gasteiger partial charge in [0.2, 0.25) is 0 Å². The van der Waals surface area contributed by atoms with E-state index in [4.69, 9.17) is 0 Å². The minimum absolute atomic E-state index is 0.697. The van der Waals surface area contributed by atoms with Crippen molar-refractivity contribution in [3.05, 3.63) is 11.1 Å². The smallest absolute Gasteiger partial charge is 0.0340 e. The Morgan fingerprint density at radius 1 is 1.18 bits per heavy atom. The Balaban J connectivity index is 1.91. The number of hydrogen-bond acceptors (Lipinski definition) is 0. The van der Waals surface area contributed by atoms with Gasteiger partial charge in [-0.3, -0.25) is 0 Å². The van der Waals surface area contributed by atoms with Crippen LogP contribution in [0.2, 0.25) is 0 Å². The third kappa shape index (κ3) is 0.338. The van der Waals surface area contributed by atoms with Crippen LogP contribution in [-0.4, -0.2) is 0 Å². The molecular weight excluding hydrogens is 132 g/mol. The van der Waals surface area contributed by atoms with Crippen LogP contribution in [0, 0.1) is 41.4 Å². The van der Waals surface area contributed by atoms with Crippen molar-refractivity contribution in [2.24, 2.45) is 29.6 Å². The summed E-state index contributed by atoms with van der Waals surface area (Å²) >= 11 is 0. The quantitative estimate of drug-likeness (QED) is 0.357. The fourth-order valence-corrected chi connectivity index (χ4v) is 3.63. The topological polar surface area (TPSA) is 0 Å². The summed E-state index contributed by atoms with van der Waals surface area (Å²) in [5, 5.41) is 0. The average Bonchev–Trinajstić information content (AvgIpc) is 2.57. The summed E-state index contributed by atoms with van der Waals surface area (Å²) in [4.78, 5) is 0. The first kappa shape index (κ1) is 5.04. The van der Waals surface area contributed by atoms with Gasteiger partial charge in [-0.05, 0) is 24.2 Å². The molecule has 54 valence electrons. The van der Waals surface area contributed by atoms with Gasteiger partial charge in [-0.25, -0.2) is 0 Å². The van der Waals surface area contributed by atoms with Crippen LogP contribution in [0.3, 0.4) is 0 Å². The van der Waals surface area contributed by atoms with E-state index < -0.39 is 0 Å². The normalized spacial score (nSPS) is 59.5. The minimum Gasteiger partial charge on any atom is -0.0995 e. The molecule has 0 aromatic rings. The highest BCUT2D eigenvalue weighted by atomic mass is 14.7. The second kappa shape index (κ2) is 1.18. The van der Waals surface area contributed by atoms with Crippen LogP contribution in [0.4, 0.5) is 0 Å². The molecule has 0 nitrogen and oxygen atoms in total. The molecule has 0 heterocycles. The monoisotopic (exact) mass is 142 g/mol. The van der Waals surface area contributed by atoms with Crippen molar-refractivity contribution in [2.75, 3.05) is 0 Å². The first-order chi connectivity index (χ1) is 5.38. The SMILES string of the molecule is CC1C#CC2C3C4=C(C4)C2C13. The zero-order valence-electron chi connectivity index (χ0n) is 6.59. The van der Waals surface area contributed by atoms with Crippen molar-refractivity contribution in [3.8, 4) is 11.8 Å². The van der Waals surface area contributed by atoms with E-state index in [0.29, 0.717) is 5.92 Å². The van der Waals surface area contributed by atoms with E-state index in [2.05, 4.69) is 18.8 Å². The Labute approximate surface area is 66.7 Å². The van der Waals surface area contributed by atoms with Crippen LogP contribution in [0.5, 0.6) is 0 Å². The van der Waals surface area contributed by atoms with Gasteiger partial charge in [0.15, 0.2) is 0 Å². The van der Waals surface area contributed by atoms with Crippen molar-refractivity contribution in [3.63, 3.8) is 0 Å². The predicted molar refractivity (Wildman–Crippen MR) is 42.5 cm³/mol. The third-order valence-corrected chi connectivity index (χ3v) is 4.13. The van der Waals surface area contributed by atoms with E-state index in [9.17, 15) is 0 Å². The maximum atomic E-state index is 3.43. The second-order valence-corrected chi connectivity index (χ2v) is 4.46.